The molecule has 0 spiro atoms. The quantitative estimate of drug-likeness (QED) is 0.788. The summed E-state index contributed by atoms with van der Waals surface area (Å²) in [5, 5.41) is 3.80. The highest BCUT2D eigenvalue weighted by molar-refractivity contribution is 6.34. The lowest BCUT2D eigenvalue weighted by atomic mass is 9.98. The molecule has 0 amide bonds. The van der Waals surface area contributed by atoms with Gasteiger partial charge in [-0.25, -0.2) is 4.79 Å². The Labute approximate surface area is 106 Å². The highest BCUT2D eigenvalue weighted by Gasteiger charge is 2.18. The number of carbonyl (C=O) groups excluding carboxylic acids is 1. The van der Waals surface area contributed by atoms with Gasteiger partial charge in [0.2, 0.25) is 0 Å². The second-order valence-corrected chi connectivity index (χ2v) is 3.86. The van der Waals surface area contributed by atoms with Crippen LogP contribution < -0.4 is 5.32 Å². The molecule has 1 aliphatic heterocycles. The minimum absolute atomic E-state index is 0. The normalized spacial score (nSPS) is 13.6. The van der Waals surface area contributed by atoms with E-state index in [9.17, 15) is 4.79 Å². The number of methoxy groups -OCH3 is 1. The third-order valence-corrected chi connectivity index (χ3v) is 3.04. The topological polar surface area (TPSA) is 38.3 Å². The molecule has 0 aromatic heterocycles. The van der Waals surface area contributed by atoms with Crippen LogP contribution in [0, 0.1) is 0 Å². The molecule has 0 aliphatic carbocycles. The van der Waals surface area contributed by atoms with Gasteiger partial charge in [-0.05, 0) is 30.2 Å². The molecule has 1 aromatic rings. The van der Waals surface area contributed by atoms with Gasteiger partial charge in [0.15, 0.2) is 0 Å². The Balaban J connectivity index is 0.00000128. The number of hydrogen-bond donors (Lipinski definition) is 1. The number of rotatable bonds is 1. The fraction of sp³-hybridized carbons (Fsp3) is 0.364. The monoisotopic (exact) mass is 261 g/mol. The van der Waals surface area contributed by atoms with Crippen molar-refractivity contribution in [3.8, 4) is 0 Å². The lowest BCUT2D eigenvalue weighted by Gasteiger charge is -2.19. The van der Waals surface area contributed by atoms with Gasteiger partial charge in [0, 0.05) is 6.54 Å². The van der Waals surface area contributed by atoms with Gasteiger partial charge in [-0.3, -0.25) is 0 Å². The van der Waals surface area contributed by atoms with Crippen LogP contribution in [0.15, 0.2) is 12.1 Å². The van der Waals surface area contributed by atoms with Crippen LogP contribution in [-0.4, -0.2) is 19.6 Å². The highest BCUT2D eigenvalue weighted by Crippen LogP contribution is 2.27. The van der Waals surface area contributed by atoms with Crippen LogP contribution in [0.1, 0.15) is 21.5 Å². The van der Waals surface area contributed by atoms with Crippen LogP contribution in [0.5, 0.6) is 0 Å². The summed E-state index contributed by atoms with van der Waals surface area (Å²) in [5.74, 6) is -0.374. The van der Waals surface area contributed by atoms with Crippen molar-refractivity contribution >= 4 is 30.0 Å². The summed E-state index contributed by atoms with van der Waals surface area (Å²) < 4.78 is 4.67. The molecule has 1 N–H and O–H groups in total. The molecule has 2 rings (SSSR count). The summed E-state index contributed by atoms with van der Waals surface area (Å²) in [7, 11) is 1.36. The Morgan fingerprint density at radius 1 is 1.50 bits per heavy atom. The zero-order chi connectivity index (χ0) is 10.8. The first-order valence-corrected chi connectivity index (χ1v) is 5.21. The van der Waals surface area contributed by atoms with Gasteiger partial charge in [0.25, 0.3) is 0 Å². The molecule has 0 radical (unpaired) electrons. The average molecular weight is 262 g/mol. The Morgan fingerprint density at radius 3 is 2.94 bits per heavy atom. The Morgan fingerprint density at radius 2 is 2.25 bits per heavy atom. The molecule has 0 saturated heterocycles. The van der Waals surface area contributed by atoms with Crippen molar-refractivity contribution in [2.24, 2.45) is 0 Å². The standard InChI is InChI=1S/C11H12ClNO2.ClH/c1-15-11(14)9-3-2-7-6-13-5-4-8(7)10(9)12;/h2-3,13H,4-6H2,1H3;1H. The molecule has 0 bridgehead atoms. The van der Waals surface area contributed by atoms with Gasteiger partial charge < -0.3 is 10.1 Å². The second-order valence-electron chi connectivity index (χ2n) is 3.48. The predicted octanol–water partition coefficient (Wildman–Crippen LogP) is 2.19. The van der Waals surface area contributed by atoms with Gasteiger partial charge in [0.1, 0.15) is 0 Å². The number of hydrogen-bond acceptors (Lipinski definition) is 3. The van der Waals surface area contributed by atoms with Gasteiger partial charge in [-0.2, -0.15) is 0 Å². The number of halogens is 2. The van der Waals surface area contributed by atoms with E-state index < -0.39 is 0 Å². The molecule has 88 valence electrons. The molecule has 0 atom stereocenters. The maximum Gasteiger partial charge on any atom is 0.339 e. The number of ether oxygens (including phenoxy) is 1. The first-order chi connectivity index (χ1) is 7.24. The van der Waals surface area contributed by atoms with Gasteiger partial charge in [-0.15, -0.1) is 12.4 Å². The Hall–Kier alpha value is -0.770. The van der Waals surface area contributed by atoms with E-state index in [-0.39, 0.29) is 18.4 Å². The first kappa shape index (κ1) is 13.3. The van der Waals surface area contributed by atoms with E-state index >= 15 is 0 Å². The summed E-state index contributed by atoms with van der Waals surface area (Å²) in [6, 6.07) is 3.65. The van der Waals surface area contributed by atoms with Crippen molar-refractivity contribution in [3.63, 3.8) is 0 Å². The first-order valence-electron chi connectivity index (χ1n) is 4.83. The molecule has 0 fully saturated rings. The molecule has 16 heavy (non-hydrogen) atoms. The van der Waals surface area contributed by atoms with E-state index in [1.165, 1.54) is 12.7 Å². The third-order valence-electron chi connectivity index (χ3n) is 2.61. The summed E-state index contributed by atoms with van der Waals surface area (Å²) in [6.45, 7) is 1.72. The van der Waals surface area contributed by atoms with Crippen molar-refractivity contribution in [2.75, 3.05) is 13.7 Å². The maximum absolute atomic E-state index is 11.4. The number of carbonyl (C=O) groups is 1. The van der Waals surface area contributed by atoms with Gasteiger partial charge >= 0.3 is 5.97 Å². The van der Waals surface area contributed by atoms with E-state index in [2.05, 4.69) is 10.1 Å². The number of fused-ring (bicyclic) bond motifs is 1. The molecule has 1 heterocycles. The van der Waals surface area contributed by atoms with Gasteiger partial charge in [0.05, 0.1) is 17.7 Å². The molecule has 1 aromatic carbocycles. The van der Waals surface area contributed by atoms with Crippen LogP contribution in [-0.2, 0) is 17.7 Å². The molecule has 1 aliphatic rings. The van der Waals surface area contributed by atoms with E-state index in [1.807, 2.05) is 6.07 Å². The van der Waals surface area contributed by atoms with Crippen molar-refractivity contribution in [3.05, 3.63) is 33.8 Å². The van der Waals surface area contributed by atoms with E-state index in [0.717, 1.165) is 25.1 Å². The zero-order valence-corrected chi connectivity index (χ0v) is 10.5. The van der Waals surface area contributed by atoms with Crippen LogP contribution in [0.25, 0.3) is 0 Å². The molecule has 5 heteroatoms. The Kier molecular flexibility index (Phi) is 4.59. The molecule has 0 saturated carbocycles. The zero-order valence-electron chi connectivity index (χ0n) is 8.88. The van der Waals surface area contributed by atoms with Crippen LogP contribution in [0.3, 0.4) is 0 Å². The fourth-order valence-corrected chi connectivity index (χ4v) is 2.16. The van der Waals surface area contributed by atoms with Crippen molar-refractivity contribution < 1.29 is 9.53 Å². The number of benzene rings is 1. The Bertz CT molecular complexity index is 407. The fourth-order valence-electron chi connectivity index (χ4n) is 1.80. The second kappa shape index (κ2) is 5.53. The number of esters is 1. The largest absolute Gasteiger partial charge is 0.465 e. The molecule has 3 nitrogen and oxygen atoms in total. The predicted molar refractivity (Wildman–Crippen MR) is 65.5 cm³/mol. The van der Waals surface area contributed by atoms with Crippen LogP contribution >= 0.6 is 24.0 Å². The molecule has 0 unspecified atom stereocenters. The van der Waals surface area contributed by atoms with Crippen molar-refractivity contribution in [1.82, 2.24) is 5.32 Å². The number of nitrogens with one attached hydrogen (secondary N) is 1. The molecular weight excluding hydrogens is 249 g/mol. The van der Waals surface area contributed by atoms with E-state index in [4.69, 9.17) is 11.6 Å². The summed E-state index contributed by atoms with van der Waals surface area (Å²) in [4.78, 5) is 11.4. The lowest BCUT2D eigenvalue weighted by molar-refractivity contribution is 0.0601. The summed E-state index contributed by atoms with van der Waals surface area (Å²) >= 11 is 6.17. The SMILES string of the molecule is COC(=O)c1ccc2c(c1Cl)CCNC2.Cl. The highest BCUT2D eigenvalue weighted by atomic mass is 35.5. The lowest BCUT2D eigenvalue weighted by Crippen LogP contribution is -2.24. The van der Waals surface area contributed by atoms with E-state index in [1.54, 1.807) is 6.07 Å². The van der Waals surface area contributed by atoms with Crippen molar-refractivity contribution in [2.45, 2.75) is 13.0 Å². The van der Waals surface area contributed by atoms with Crippen molar-refractivity contribution in [1.29, 1.82) is 0 Å². The van der Waals surface area contributed by atoms with E-state index in [0.29, 0.717) is 10.6 Å². The average Bonchev–Trinajstić information content (AvgIpc) is 2.29. The minimum atomic E-state index is -0.374. The van der Waals surface area contributed by atoms with Crippen LogP contribution in [0.2, 0.25) is 5.02 Å². The maximum atomic E-state index is 11.4. The van der Waals surface area contributed by atoms with Gasteiger partial charge in [-0.1, -0.05) is 17.7 Å². The third kappa shape index (κ3) is 2.32. The smallest absolute Gasteiger partial charge is 0.339 e. The summed E-state index contributed by atoms with van der Waals surface area (Å²) in [5.41, 5.74) is 2.69. The molecular formula is C11H13Cl2NO2. The van der Waals surface area contributed by atoms with Crippen LogP contribution in [0.4, 0.5) is 0 Å². The summed E-state index contributed by atoms with van der Waals surface area (Å²) in [6.07, 6.45) is 0.860. The minimum Gasteiger partial charge on any atom is -0.465 e.